The monoisotopic (exact) mass is 423 g/mol. The van der Waals surface area contributed by atoms with Gasteiger partial charge in [0.15, 0.2) is 5.82 Å². The minimum absolute atomic E-state index is 0.315. The fourth-order valence-corrected chi connectivity index (χ4v) is 3.64. The van der Waals surface area contributed by atoms with Crippen LogP contribution in [0.25, 0.3) is 34.1 Å². The Morgan fingerprint density at radius 3 is 2.59 bits per heavy atom. The summed E-state index contributed by atoms with van der Waals surface area (Å²) in [5, 5.41) is 9.47. The van der Waals surface area contributed by atoms with Crippen LogP contribution in [0.5, 0.6) is 0 Å². The summed E-state index contributed by atoms with van der Waals surface area (Å²) in [6, 6.07) is 17.0. The molecule has 5 rings (SSSR count). The van der Waals surface area contributed by atoms with Crippen molar-refractivity contribution in [3.63, 3.8) is 0 Å². The van der Waals surface area contributed by atoms with Gasteiger partial charge in [0.1, 0.15) is 29.2 Å². The molecule has 0 spiro atoms. The van der Waals surface area contributed by atoms with E-state index in [9.17, 15) is 4.39 Å². The Balaban J connectivity index is 1.82. The number of rotatable bonds is 3. The van der Waals surface area contributed by atoms with Gasteiger partial charge in [0, 0.05) is 22.5 Å². The highest BCUT2D eigenvalue weighted by Gasteiger charge is 2.22. The number of halogens is 3. The maximum atomic E-state index is 13.4. The van der Waals surface area contributed by atoms with Crippen molar-refractivity contribution >= 4 is 28.8 Å². The number of pyridine rings is 1. The Kier molecular flexibility index (Phi) is 4.30. The second-order valence-electron chi connectivity index (χ2n) is 6.36. The lowest BCUT2D eigenvalue weighted by Crippen LogP contribution is -2.00. The van der Waals surface area contributed by atoms with Gasteiger partial charge in [0.2, 0.25) is 0 Å². The summed E-state index contributed by atoms with van der Waals surface area (Å²) in [5.74, 6) is 0.228. The third-order valence-corrected chi connectivity index (χ3v) is 5.14. The van der Waals surface area contributed by atoms with E-state index in [1.807, 2.05) is 28.8 Å². The van der Waals surface area contributed by atoms with Gasteiger partial charge in [-0.3, -0.25) is 8.97 Å². The lowest BCUT2D eigenvalue weighted by atomic mass is 10.1. The van der Waals surface area contributed by atoms with E-state index in [4.69, 9.17) is 28.2 Å². The fraction of sp³-hybridized carbons (Fsp3) is 0. The quantitative estimate of drug-likeness (QED) is 0.374. The van der Waals surface area contributed by atoms with E-state index in [2.05, 4.69) is 10.2 Å². The van der Waals surface area contributed by atoms with Crippen molar-refractivity contribution in [1.82, 2.24) is 24.1 Å². The van der Waals surface area contributed by atoms with Crippen molar-refractivity contribution < 1.29 is 4.39 Å². The number of imidazole rings is 1. The van der Waals surface area contributed by atoms with E-state index in [1.54, 1.807) is 41.2 Å². The first kappa shape index (κ1) is 17.8. The molecule has 0 aliphatic rings. The molecule has 5 nitrogen and oxygen atoms in total. The maximum absolute atomic E-state index is 13.4. The van der Waals surface area contributed by atoms with Crippen LogP contribution in [-0.2, 0) is 0 Å². The van der Waals surface area contributed by atoms with E-state index in [0.717, 1.165) is 11.3 Å². The van der Waals surface area contributed by atoms with Gasteiger partial charge in [0.05, 0.1) is 5.02 Å². The van der Waals surface area contributed by atoms with Crippen molar-refractivity contribution in [1.29, 1.82) is 0 Å². The molecule has 0 fully saturated rings. The van der Waals surface area contributed by atoms with Crippen LogP contribution < -0.4 is 0 Å². The molecule has 0 unspecified atom stereocenters. The summed E-state index contributed by atoms with van der Waals surface area (Å²) in [7, 11) is 0. The number of nitrogens with zero attached hydrogens (tertiary/aromatic N) is 5. The van der Waals surface area contributed by atoms with Crippen LogP contribution in [0.1, 0.15) is 0 Å². The number of aromatic nitrogens is 5. The maximum Gasteiger partial charge on any atom is 0.187 e. The van der Waals surface area contributed by atoms with E-state index in [-0.39, 0.29) is 5.82 Å². The molecule has 0 saturated carbocycles. The summed E-state index contributed by atoms with van der Waals surface area (Å²) in [6.45, 7) is 0. The predicted molar refractivity (Wildman–Crippen MR) is 111 cm³/mol. The first-order chi connectivity index (χ1) is 14.1. The van der Waals surface area contributed by atoms with Gasteiger partial charge in [-0.1, -0.05) is 29.3 Å². The summed E-state index contributed by atoms with van der Waals surface area (Å²) >= 11 is 12.7. The van der Waals surface area contributed by atoms with Gasteiger partial charge in [-0.05, 0) is 54.6 Å². The van der Waals surface area contributed by atoms with Gasteiger partial charge >= 0.3 is 0 Å². The summed E-state index contributed by atoms with van der Waals surface area (Å²) in [4.78, 5) is 4.77. The Hall–Kier alpha value is -3.22. The molecular weight excluding hydrogens is 412 g/mol. The van der Waals surface area contributed by atoms with Crippen LogP contribution in [0.4, 0.5) is 4.39 Å². The van der Waals surface area contributed by atoms with Crippen molar-refractivity contribution in [2.45, 2.75) is 0 Å². The molecule has 0 aliphatic heterocycles. The molecule has 0 atom stereocenters. The van der Waals surface area contributed by atoms with Crippen LogP contribution in [0, 0.1) is 5.82 Å². The van der Waals surface area contributed by atoms with Gasteiger partial charge in [-0.25, -0.2) is 9.37 Å². The normalized spacial score (nSPS) is 11.3. The summed E-state index contributed by atoms with van der Waals surface area (Å²) in [5.41, 5.74) is 3.46. The zero-order chi connectivity index (χ0) is 20.0. The lowest BCUT2D eigenvalue weighted by Gasteiger charge is -2.09. The van der Waals surface area contributed by atoms with E-state index < -0.39 is 0 Å². The minimum atomic E-state index is -0.315. The molecule has 0 bridgehead atoms. The van der Waals surface area contributed by atoms with Crippen molar-refractivity contribution in [3.8, 4) is 28.5 Å². The van der Waals surface area contributed by atoms with Gasteiger partial charge in [-0.2, -0.15) is 0 Å². The number of fused-ring (bicyclic) bond motifs is 1. The number of hydrogen-bond donors (Lipinski definition) is 0. The Morgan fingerprint density at radius 1 is 0.931 bits per heavy atom. The molecule has 0 radical (unpaired) electrons. The highest BCUT2D eigenvalue weighted by Crippen LogP contribution is 2.37. The standard InChI is InChI=1S/C21H12Cl2FN5/c22-13-4-9-17(23)16(11-13)19-20(28-10-2-1-3-18(28)26-19)21-27-25-12-29(21)15-7-5-14(24)6-8-15/h1-12H. The van der Waals surface area contributed by atoms with Crippen LogP contribution in [0.3, 0.4) is 0 Å². The van der Waals surface area contributed by atoms with E-state index >= 15 is 0 Å². The minimum Gasteiger partial charge on any atom is -0.296 e. The highest BCUT2D eigenvalue weighted by atomic mass is 35.5. The predicted octanol–water partition coefficient (Wildman–Crippen LogP) is 5.69. The zero-order valence-electron chi connectivity index (χ0n) is 14.8. The average Bonchev–Trinajstić information content (AvgIpc) is 3.34. The van der Waals surface area contributed by atoms with Crippen LogP contribution in [0.2, 0.25) is 10.0 Å². The van der Waals surface area contributed by atoms with Crippen molar-refractivity contribution in [2.24, 2.45) is 0 Å². The summed E-state index contributed by atoms with van der Waals surface area (Å²) < 4.78 is 17.1. The lowest BCUT2D eigenvalue weighted by molar-refractivity contribution is 0.627. The Bertz CT molecular complexity index is 1340. The van der Waals surface area contributed by atoms with Gasteiger partial charge < -0.3 is 0 Å². The fourth-order valence-electron chi connectivity index (χ4n) is 3.26. The zero-order valence-corrected chi connectivity index (χ0v) is 16.3. The third kappa shape index (κ3) is 3.06. The van der Waals surface area contributed by atoms with Gasteiger partial charge in [0.25, 0.3) is 0 Å². The number of benzene rings is 2. The molecule has 0 N–H and O–H groups in total. The first-order valence-electron chi connectivity index (χ1n) is 8.70. The highest BCUT2D eigenvalue weighted by molar-refractivity contribution is 6.35. The smallest absolute Gasteiger partial charge is 0.187 e. The SMILES string of the molecule is Fc1ccc(-n2cnnc2-c2c(-c3cc(Cl)ccc3Cl)nc3ccccn23)cc1. The average molecular weight is 424 g/mol. The molecule has 0 amide bonds. The topological polar surface area (TPSA) is 48.0 Å². The second-order valence-corrected chi connectivity index (χ2v) is 7.21. The molecule has 8 heteroatoms. The molecule has 29 heavy (non-hydrogen) atoms. The molecule has 3 aromatic heterocycles. The van der Waals surface area contributed by atoms with Crippen LogP contribution >= 0.6 is 23.2 Å². The molecule has 3 heterocycles. The molecular formula is C21H12Cl2FN5. The molecule has 0 aliphatic carbocycles. The summed E-state index contributed by atoms with van der Waals surface area (Å²) in [6.07, 6.45) is 3.47. The van der Waals surface area contributed by atoms with Crippen LogP contribution in [-0.4, -0.2) is 24.1 Å². The van der Waals surface area contributed by atoms with Crippen molar-refractivity contribution in [2.75, 3.05) is 0 Å². The van der Waals surface area contributed by atoms with Crippen LogP contribution in [0.15, 0.2) is 73.2 Å². The molecule has 2 aromatic carbocycles. The third-order valence-electron chi connectivity index (χ3n) is 4.58. The first-order valence-corrected chi connectivity index (χ1v) is 9.46. The van der Waals surface area contributed by atoms with E-state index in [1.165, 1.54) is 12.1 Å². The number of hydrogen-bond acceptors (Lipinski definition) is 3. The van der Waals surface area contributed by atoms with Crippen molar-refractivity contribution in [3.05, 3.63) is 89.1 Å². The van der Waals surface area contributed by atoms with E-state index in [0.29, 0.717) is 32.8 Å². The van der Waals surface area contributed by atoms with Gasteiger partial charge in [-0.15, -0.1) is 10.2 Å². The molecule has 0 saturated heterocycles. The molecule has 142 valence electrons. The largest absolute Gasteiger partial charge is 0.296 e. The second kappa shape index (κ2) is 6.99. The molecule has 5 aromatic rings. The Labute approximate surface area is 175 Å². The Morgan fingerprint density at radius 2 is 1.76 bits per heavy atom.